The maximum absolute atomic E-state index is 12.4. The Bertz CT molecular complexity index is 1560. The van der Waals surface area contributed by atoms with Gasteiger partial charge in [-0.25, -0.2) is 0 Å². The Morgan fingerprint density at radius 1 is 1.11 bits per heavy atom. The number of aliphatic carboxylic acids is 1. The molecule has 0 spiro atoms. The van der Waals surface area contributed by atoms with Crippen LogP contribution in [0.1, 0.15) is 49.3 Å². The van der Waals surface area contributed by atoms with Crippen LogP contribution in [-0.4, -0.2) is 23.5 Å². The molecule has 0 aliphatic carbocycles. The van der Waals surface area contributed by atoms with Gasteiger partial charge in [0, 0.05) is 34.3 Å². The third kappa shape index (κ3) is 5.16. The second kappa shape index (κ2) is 11.1. The van der Waals surface area contributed by atoms with Crippen LogP contribution in [0, 0.1) is 11.8 Å². The molecule has 3 aromatic carbocycles. The fourth-order valence-corrected chi connectivity index (χ4v) is 6.02. The number of carboxylic acids is 1. The van der Waals surface area contributed by atoms with Crippen molar-refractivity contribution in [3.8, 4) is 28.7 Å². The smallest absolute Gasteiger partial charge is 0.304 e. The van der Waals surface area contributed by atoms with Crippen LogP contribution in [0.3, 0.4) is 0 Å². The number of anilines is 1. The number of hydrogen-bond acceptors (Lipinski definition) is 4. The second-order valence-corrected chi connectivity index (χ2v) is 10.2. The van der Waals surface area contributed by atoms with Crippen LogP contribution < -0.4 is 9.64 Å². The zero-order chi connectivity index (χ0) is 26.6. The molecule has 38 heavy (non-hydrogen) atoms. The number of ether oxygens (including phenoxy) is 1. The summed E-state index contributed by atoms with van der Waals surface area (Å²) in [5.74, 6) is 5.49. The van der Waals surface area contributed by atoms with Crippen LogP contribution in [0.4, 0.5) is 5.69 Å². The lowest BCUT2D eigenvalue weighted by Gasteiger charge is -2.17. The predicted octanol–water partition coefficient (Wildman–Crippen LogP) is 7.03. The van der Waals surface area contributed by atoms with E-state index in [0.717, 1.165) is 35.5 Å². The molecular weight excluding hydrogens is 494 g/mol. The summed E-state index contributed by atoms with van der Waals surface area (Å²) >= 11 is 1.73. The van der Waals surface area contributed by atoms with Crippen molar-refractivity contribution in [1.82, 2.24) is 0 Å². The van der Waals surface area contributed by atoms with E-state index >= 15 is 0 Å². The molecule has 192 valence electrons. The van der Waals surface area contributed by atoms with E-state index in [4.69, 9.17) is 4.74 Å². The highest BCUT2D eigenvalue weighted by Gasteiger charge is 2.26. The van der Waals surface area contributed by atoms with Gasteiger partial charge in [-0.1, -0.05) is 43.2 Å². The van der Waals surface area contributed by atoms with Gasteiger partial charge in [0.15, 0.2) is 0 Å². The molecule has 1 atom stereocenters. The van der Waals surface area contributed by atoms with E-state index in [1.54, 1.807) is 18.3 Å². The summed E-state index contributed by atoms with van der Waals surface area (Å²) in [5.41, 5.74) is 6.60. The average Bonchev–Trinajstić information content (AvgIpc) is 3.55. The van der Waals surface area contributed by atoms with Crippen molar-refractivity contribution in [1.29, 1.82) is 0 Å². The molecule has 5 nitrogen and oxygen atoms in total. The number of thiophene rings is 1. The van der Waals surface area contributed by atoms with E-state index < -0.39 is 5.97 Å². The summed E-state index contributed by atoms with van der Waals surface area (Å²) in [6.45, 7) is 4.78. The van der Waals surface area contributed by atoms with Crippen LogP contribution in [0.2, 0.25) is 0 Å². The number of fused-ring (bicyclic) bond motifs is 2. The first-order chi connectivity index (χ1) is 18.5. The maximum atomic E-state index is 12.4. The molecule has 4 aromatic rings. The molecule has 1 aliphatic heterocycles. The number of rotatable bonds is 8. The molecule has 1 aromatic heterocycles. The number of carboxylic acid groups (broad SMARTS) is 1. The van der Waals surface area contributed by atoms with Crippen molar-refractivity contribution in [2.75, 3.05) is 11.4 Å². The summed E-state index contributed by atoms with van der Waals surface area (Å²) in [6, 6.07) is 20.2. The number of carbonyl (C=O) groups is 2. The van der Waals surface area contributed by atoms with Gasteiger partial charge in [0.1, 0.15) is 12.4 Å². The third-order valence-electron chi connectivity index (χ3n) is 6.94. The summed E-state index contributed by atoms with van der Waals surface area (Å²) in [4.78, 5) is 25.5. The highest BCUT2D eigenvalue weighted by molar-refractivity contribution is 7.17. The van der Waals surface area contributed by atoms with Gasteiger partial charge < -0.3 is 14.7 Å². The summed E-state index contributed by atoms with van der Waals surface area (Å²) in [7, 11) is 0. The van der Waals surface area contributed by atoms with Crippen molar-refractivity contribution in [2.45, 2.75) is 45.6 Å². The SMILES string of the molecule is CC#C[C@@H](CC(=O)O)c1ccc(OCc2ccc3scc(-c4cccc5c4CCN5C(=O)CC)c3c2)cc1. The molecular formula is C32H29NO4S. The lowest BCUT2D eigenvalue weighted by atomic mass is 9.96. The van der Waals surface area contributed by atoms with Crippen molar-refractivity contribution < 1.29 is 19.4 Å². The molecule has 0 bridgehead atoms. The zero-order valence-corrected chi connectivity index (χ0v) is 22.3. The maximum Gasteiger partial charge on any atom is 0.304 e. The van der Waals surface area contributed by atoms with E-state index in [9.17, 15) is 14.7 Å². The summed E-state index contributed by atoms with van der Waals surface area (Å²) in [5, 5.41) is 12.6. The minimum absolute atomic E-state index is 0.0262. The van der Waals surface area contributed by atoms with E-state index in [1.165, 1.54) is 26.8 Å². The second-order valence-electron chi connectivity index (χ2n) is 9.33. The first kappa shape index (κ1) is 25.6. The molecule has 6 heteroatoms. The topological polar surface area (TPSA) is 66.8 Å². The molecule has 1 N–H and O–H groups in total. The minimum Gasteiger partial charge on any atom is -0.489 e. The standard InChI is InChI=1S/C32H29NO4S/c1-3-6-23(18-32(35)36)22-10-12-24(13-11-22)37-19-21-9-14-30-27(17-21)28(20-38-30)25-7-5-8-29-26(25)15-16-33(29)31(34)4-2/h5,7-14,17,20,23H,4,15-16,18-19H2,1-2H3,(H,35,36)/t23-/m0/s1. The number of amides is 1. The molecule has 0 saturated heterocycles. The average molecular weight is 524 g/mol. The first-order valence-electron chi connectivity index (χ1n) is 12.8. The van der Waals surface area contributed by atoms with Gasteiger partial charge in [0.05, 0.1) is 12.3 Å². The monoisotopic (exact) mass is 523 g/mol. The normalized spacial score (nSPS) is 13.1. The largest absolute Gasteiger partial charge is 0.489 e. The number of carbonyl (C=O) groups excluding carboxylic acids is 1. The fraction of sp³-hybridized carbons (Fsp3) is 0.250. The van der Waals surface area contributed by atoms with Gasteiger partial charge in [-0.2, -0.15) is 0 Å². The molecule has 0 radical (unpaired) electrons. The Labute approximate surface area is 226 Å². The quantitative estimate of drug-likeness (QED) is 0.252. The summed E-state index contributed by atoms with van der Waals surface area (Å²) < 4.78 is 7.29. The van der Waals surface area contributed by atoms with Gasteiger partial charge in [-0.15, -0.1) is 17.3 Å². The number of nitrogens with zero attached hydrogens (tertiary/aromatic N) is 1. The zero-order valence-electron chi connectivity index (χ0n) is 21.5. The number of hydrogen-bond donors (Lipinski definition) is 1. The van der Waals surface area contributed by atoms with Crippen LogP contribution in [0.25, 0.3) is 21.2 Å². The van der Waals surface area contributed by atoms with Gasteiger partial charge >= 0.3 is 5.97 Å². The third-order valence-corrected chi connectivity index (χ3v) is 7.91. The predicted molar refractivity (Wildman–Crippen MR) is 153 cm³/mol. The summed E-state index contributed by atoms with van der Waals surface area (Å²) in [6.07, 6.45) is 1.35. The Morgan fingerprint density at radius 2 is 1.92 bits per heavy atom. The molecule has 1 aliphatic rings. The van der Waals surface area contributed by atoms with Crippen LogP contribution >= 0.6 is 11.3 Å². The van der Waals surface area contributed by atoms with Gasteiger partial charge in [-0.05, 0) is 71.3 Å². The van der Waals surface area contributed by atoms with Crippen molar-refractivity contribution in [2.24, 2.45) is 0 Å². The molecule has 0 saturated carbocycles. The van der Waals surface area contributed by atoms with E-state index in [2.05, 4.69) is 47.6 Å². The van der Waals surface area contributed by atoms with Gasteiger partial charge in [0.25, 0.3) is 0 Å². The van der Waals surface area contributed by atoms with E-state index in [1.807, 2.05) is 42.2 Å². The lowest BCUT2D eigenvalue weighted by molar-refractivity contribution is -0.137. The molecule has 5 rings (SSSR count). The van der Waals surface area contributed by atoms with Crippen molar-refractivity contribution >= 4 is 39.0 Å². The van der Waals surface area contributed by atoms with Crippen LogP contribution in [-0.2, 0) is 22.6 Å². The van der Waals surface area contributed by atoms with Gasteiger partial charge in [0.2, 0.25) is 5.91 Å². The fourth-order valence-electron chi connectivity index (χ4n) is 5.08. The highest BCUT2D eigenvalue weighted by Crippen LogP contribution is 2.41. The lowest BCUT2D eigenvalue weighted by Crippen LogP contribution is -2.27. The molecule has 1 amide bonds. The Morgan fingerprint density at radius 3 is 2.66 bits per heavy atom. The molecule has 2 heterocycles. The Hall–Kier alpha value is -4.08. The minimum atomic E-state index is -0.867. The first-order valence-corrected chi connectivity index (χ1v) is 13.7. The molecule has 0 fully saturated rings. The van der Waals surface area contributed by atoms with E-state index in [-0.39, 0.29) is 18.2 Å². The van der Waals surface area contributed by atoms with Crippen LogP contribution in [0.5, 0.6) is 5.75 Å². The Kier molecular flexibility index (Phi) is 7.48. The van der Waals surface area contributed by atoms with Crippen molar-refractivity contribution in [3.63, 3.8) is 0 Å². The van der Waals surface area contributed by atoms with Crippen LogP contribution in [0.15, 0.2) is 66.0 Å². The van der Waals surface area contributed by atoms with E-state index in [0.29, 0.717) is 13.0 Å². The molecule has 0 unspecified atom stereocenters. The van der Waals surface area contributed by atoms with Crippen molar-refractivity contribution in [3.05, 3.63) is 82.7 Å². The number of benzene rings is 3. The van der Waals surface area contributed by atoms with Gasteiger partial charge in [-0.3, -0.25) is 9.59 Å². The Balaban J connectivity index is 1.36. The highest BCUT2D eigenvalue weighted by atomic mass is 32.1.